The summed E-state index contributed by atoms with van der Waals surface area (Å²) in [5.74, 6) is 1.96. The Morgan fingerprint density at radius 3 is 2.52 bits per heavy atom. The lowest BCUT2D eigenvalue weighted by Gasteiger charge is -2.71. The van der Waals surface area contributed by atoms with Crippen molar-refractivity contribution in [2.45, 2.75) is 84.0 Å². The average Bonchev–Trinajstić information content (AvgIpc) is 3.71. The van der Waals surface area contributed by atoms with E-state index in [2.05, 4.69) is 39.0 Å². The van der Waals surface area contributed by atoms with Gasteiger partial charge in [0.1, 0.15) is 17.1 Å². The molecule has 2 bridgehead atoms. The first kappa shape index (κ1) is 30.2. The van der Waals surface area contributed by atoms with Crippen molar-refractivity contribution in [1.82, 2.24) is 4.90 Å². The van der Waals surface area contributed by atoms with E-state index in [-0.39, 0.29) is 46.1 Å². The van der Waals surface area contributed by atoms with E-state index >= 15 is 0 Å². The number of aliphatic hydroxyl groups is 1. The normalized spacial score (nSPS) is 40.3. The number of ether oxygens (including phenoxy) is 3. The summed E-state index contributed by atoms with van der Waals surface area (Å²) in [5.41, 5.74) is 0.0742. The van der Waals surface area contributed by atoms with E-state index in [4.69, 9.17) is 14.2 Å². The molecule has 8 heteroatoms. The Hall–Kier alpha value is -3.10. The molecule has 1 saturated heterocycles. The molecule has 3 spiro atoms. The van der Waals surface area contributed by atoms with Crippen LogP contribution in [0.2, 0.25) is 0 Å². The van der Waals surface area contributed by atoms with Crippen molar-refractivity contribution in [1.29, 1.82) is 0 Å². The summed E-state index contributed by atoms with van der Waals surface area (Å²) in [6.45, 7) is 7.74. The van der Waals surface area contributed by atoms with Crippen LogP contribution < -0.4 is 9.47 Å². The van der Waals surface area contributed by atoms with Crippen LogP contribution in [-0.4, -0.2) is 54.4 Å². The molecule has 1 amide bonds. The largest absolute Gasteiger partial charge is 0.497 e. The number of nitrogens with zero attached hydrogens (tertiary/aromatic N) is 1. The third-order valence-electron chi connectivity index (χ3n) is 13.7. The Morgan fingerprint density at radius 1 is 1.02 bits per heavy atom. The maximum atomic E-state index is 14.7. The van der Waals surface area contributed by atoms with Gasteiger partial charge in [-0.1, -0.05) is 32.1 Å². The van der Waals surface area contributed by atoms with Crippen LogP contribution in [0.4, 0.5) is 4.79 Å². The van der Waals surface area contributed by atoms with E-state index in [9.17, 15) is 14.7 Å². The first-order valence-electron chi connectivity index (χ1n) is 16.9. The highest BCUT2D eigenvalue weighted by atomic mass is 32.1. The molecule has 0 radical (unpaired) electrons. The number of methoxy groups -OCH3 is 2. The van der Waals surface area contributed by atoms with Gasteiger partial charge in [-0.3, -0.25) is 9.69 Å². The van der Waals surface area contributed by atoms with Crippen LogP contribution >= 0.6 is 11.3 Å². The minimum Gasteiger partial charge on any atom is -0.497 e. The molecule has 7 nitrogen and oxygen atoms in total. The van der Waals surface area contributed by atoms with Crippen LogP contribution in [0, 0.1) is 40.4 Å². The highest BCUT2D eigenvalue weighted by Crippen LogP contribution is 2.79. The van der Waals surface area contributed by atoms with Gasteiger partial charge in [0.25, 0.3) is 0 Å². The number of hydrogen-bond acceptors (Lipinski definition) is 7. The number of carbonyl (C=O) groups is 2. The Morgan fingerprint density at radius 2 is 1.78 bits per heavy atom. The van der Waals surface area contributed by atoms with Gasteiger partial charge in [-0.2, -0.15) is 0 Å². The summed E-state index contributed by atoms with van der Waals surface area (Å²) in [5, 5.41) is 10.9. The number of rotatable bonds is 6. The molecule has 9 rings (SSSR count). The molecule has 2 aromatic rings. The number of hydrogen-bond donors (Lipinski definition) is 1. The summed E-state index contributed by atoms with van der Waals surface area (Å²) in [7, 11) is 3.26. The van der Waals surface area contributed by atoms with Crippen molar-refractivity contribution in [3.8, 4) is 11.5 Å². The average molecular weight is 644 g/mol. The van der Waals surface area contributed by atoms with Gasteiger partial charge in [0, 0.05) is 38.3 Å². The van der Waals surface area contributed by atoms with Gasteiger partial charge in [0.2, 0.25) is 0 Å². The first-order valence-corrected chi connectivity index (χ1v) is 17.7. The van der Waals surface area contributed by atoms with Gasteiger partial charge < -0.3 is 19.3 Å². The summed E-state index contributed by atoms with van der Waals surface area (Å²) in [4.78, 5) is 32.1. The molecule has 1 aliphatic heterocycles. The molecule has 1 N–H and O–H groups in total. The van der Waals surface area contributed by atoms with Crippen LogP contribution in [0.15, 0.2) is 54.1 Å². The third kappa shape index (κ3) is 3.74. The number of carbonyl (C=O) groups excluding carboxylic acids is 2. The monoisotopic (exact) mass is 643 g/mol. The van der Waals surface area contributed by atoms with Crippen molar-refractivity contribution in [2.75, 3.05) is 20.8 Å². The minimum absolute atomic E-state index is 0.0451. The number of ketones is 1. The van der Waals surface area contributed by atoms with Crippen LogP contribution in [0.1, 0.15) is 78.9 Å². The molecule has 6 aliphatic carbocycles. The van der Waals surface area contributed by atoms with Crippen LogP contribution in [0.3, 0.4) is 0 Å². The van der Waals surface area contributed by atoms with Gasteiger partial charge in [0.05, 0.1) is 38.3 Å². The van der Waals surface area contributed by atoms with Gasteiger partial charge in [0.15, 0.2) is 5.78 Å². The summed E-state index contributed by atoms with van der Waals surface area (Å²) >= 11 is 1.57. The van der Waals surface area contributed by atoms with E-state index in [0.29, 0.717) is 31.0 Å². The van der Waals surface area contributed by atoms with E-state index in [0.717, 1.165) is 59.4 Å². The second-order valence-corrected chi connectivity index (χ2v) is 16.7. The number of aliphatic hydroxyl groups excluding tert-OH is 1. The van der Waals surface area contributed by atoms with Crippen LogP contribution in [0.5, 0.6) is 11.5 Å². The number of benzene rings is 1. The lowest BCUT2D eigenvalue weighted by molar-refractivity contribution is -0.164. The van der Waals surface area contributed by atoms with E-state index in [1.54, 1.807) is 25.6 Å². The molecule has 3 saturated carbocycles. The van der Waals surface area contributed by atoms with Gasteiger partial charge >= 0.3 is 6.09 Å². The number of allylic oxidation sites excluding steroid dienone is 4. The molecule has 7 aliphatic rings. The highest BCUT2D eigenvalue weighted by molar-refractivity contribution is 7.14. The van der Waals surface area contributed by atoms with Crippen molar-refractivity contribution >= 4 is 23.2 Å². The smallest absolute Gasteiger partial charge is 0.410 e. The minimum atomic E-state index is -0.634. The second kappa shape index (κ2) is 9.96. The first-order chi connectivity index (χ1) is 21.9. The molecule has 2 heterocycles. The summed E-state index contributed by atoms with van der Waals surface area (Å²) < 4.78 is 17.6. The van der Waals surface area contributed by atoms with Crippen LogP contribution in [-0.2, 0) is 11.3 Å². The van der Waals surface area contributed by atoms with Crippen molar-refractivity contribution in [3.05, 3.63) is 69.5 Å². The Bertz CT molecular complexity index is 1700. The molecule has 4 fully saturated rings. The zero-order valence-corrected chi connectivity index (χ0v) is 28.4. The molecule has 0 unspecified atom stereocenters. The number of thiophene rings is 1. The number of aryl methyl sites for hydroxylation is 1. The fourth-order valence-electron chi connectivity index (χ4n) is 11.4. The van der Waals surface area contributed by atoms with E-state index < -0.39 is 11.0 Å². The molecule has 244 valence electrons. The molecular weight excluding hydrogens is 598 g/mol. The highest BCUT2D eigenvalue weighted by Gasteiger charge is 2.76. The van der Waals surface area contributed by atoms with Crippen LogP contribution in [0.25, 0.3) is 0 Å². The number of Topliss-reactive ketones (excluding diaryl/α,β-unsaturated/α-hetero) is 1. The zero-order valence-electron chi connectivity index (χ0n) is 27.6. The topological polar surface area (TPSA) is 85.3 Å². The van der Waals surface area contributed by atoms with Crippen molar-refractivity contribution in [2.24, 2.45) is 33.5 Å². The predicted molar refractivity (Wildman–Crippen MR) is 176 cm³/mol. The van der Waals surface area contributed by atoms with E-state index in [1.807, 2.05) is 35.2 Å². The van der Waals surface area contributed by atoms with Gasteiger partial charge in [-0.15, -0.1) is 11.3 Å². The molecule has 8 atom stereocenters. The second-order valence-electron chi connectivity index (χ2n) is 15.4. The SMILES string of the molecule is COc1ccc(CN2C[C@@]3(CC[C@H]4[C@]56C=C[C@@]7(C=C5C(=O)c5ccc(C)s5)C[C@@H](O)CC[C@]7(C)[C@H]6CC[C@@]43C)OC2=O)c(OC)c1. The fraction of sp³-hybridized carbons (Fsp3) is 0.579. The summed E-state index contributed by atoms with van der Waals surface area (Å²) in [6.07, 6.45) is 12.4. The molecule has 46 heavy (non-hydrogen) atoms. The molecular formula is C38H45NO6S. The van der Waals surface area contributed by atoms with E-state index in [1.165, 1.54) is 0 Å². The molecule has 1 aromatic carbocycles. The Balaban J connectivity index is 1.19. The zero-order chi connectivity index (χ0) is 32.3. The lowest BCUT2D eigenvalue weighted by atomic mass is 9.32. The quantitative estimate of drug-likeness (QED) is 0.259. The predicted octanol–water partition coefficient (Wildman–Crippen LogP) is 7.51. The van der Waals surface area contributed by atoms with Gasteiger partial charge in [-0.25, -0.2) is 4.79 Å². The molecule has 1 aromatic heterocycles. The Labute approximate surface area is 275 Å². The number of amides is 1. The van der Waals surface area contributed by atoms with Crippen molar-refractivity contribution < 1.29 is 28.9 Å². The maximum absolute atomic E-state index is 14.7. The van der Waals surface area contributed by atoms with Crippen molar-refractivity contribution in [3.63, 3.8) is 0 Å². The third-order valence-corrected chi connectivity index (χ3v) is 14.7. The number of fused-ring (bicyclic) bond motifs is 2. The maximum Gasteiger partial charge on any atom is 0.410 e. The van der Waals surface area contributed by atoms with Gasteiger partial charge in [-0.05, 0) is 93.4 Å². The lowest BCUT2D eigenvalue weighted by Crippen LogP contribution is -2.67. The standard InChI is InChI=1S/C38H45NO6S/c1-23-6-9-29(46-23)32(41)27-20-36-16-17-38(27)30(34(36,2)13-10-25(40)19-36)11-14-35(3)31(38)12-15-37(35)22-39(33(42)45-37)21-24-7-8-26(43-4)18-28(24)44-5/h6-9,16-18,20,25,30-31,40H,10-15,19,21-22H2,1-5H3/t25-,30+,31+,34+,35-,36-,37+,38+/m0/s1. The Kier molecular flexibility index (Phi) is 6.55. The fourth-order valence-corrected chi connectivity index (χ4v) is 12.2. The summed E-state index contributed by atoms with van der Waals surface area (Å²) in [6, 6.07) is 9.72.